The molecule has 1 aliphatic rings. The molecule has 116 valence electrons. The maximum atomic E-state index is 12.9. The van der Waals surface area contributed by atoms with Crippen LogP contribution in [0.25, 0.3) is 0 Å². The third kappa shape index (κ3) is 3.30. The number of nitrogens with zero attached hydrogens (tertiary/aromatic N) is 2. The fourth-order valence-corrected chi connectivity index (χ4v) is 2.70. The summed E-state index contributed by atoms with van der Waals surface area (Å²) in [6.45, 7) is 3.67. The molecule has 5 heteroatoms. The molecule has 0 radical (unpaired) electrons. The lowest BCUT2D eigenvalue weighted by Crippen LogP contribution is -2.39. The molecule has 0 saturated carbocycles. The Balaban J connectivity index is 1.60. The Kier molecular flexibility index (Phi) is 4.13. The summed E-state index contributed by atoms with van der Waals surface area (Å²) in [5.41, 5.74) is 7.70. The number of rotatable bonds is 3. The van der Waals surface area contributed by atoms with Crippen LogP contribution >= 0.6 is 0 Å². The molecule has 0 unspecified atom stereocenters. The Labute approximate surface area is 129 Å². The zero-order chi connectivity index (χ0) is 15.5. The van der Waals surface area contributed by atoms with Gasteiger partial charge in [0.15, 0.2) is 5.82 Å². The molecule has 0 atom stereocenters. The Morgan fingerprint density at radius 1 is 1.14 bits per heavy atom. The highest BCUT2D eigenvalue weighted by Gasteiger charge is 2.22. The first kappa shape index (κ1) is 14.6. The lowest BCUT2D eigenvalue weighted by Gasteiger charge is -2.33. The summed E-state index contributed by atoms with van der Waals surface area (Å²) in [5, 5.41) is 0. The van der Waals surface area contributed by atoms with Crippen LogP contribution in [0.2, 0.25) is 0 Å². The number of aromatic nitrogens is 1. The first-order valence-corrected chi connectivity index (χ1v) is 7.52. The van der Waals surface area contributed by atoms with Crippen molar-refractivity contribution in [2.45, 2.75) is 25.9 Å². The fourth-order valence-electron chi connectivity index (χ4n) is 2.70. The summed E-state index contributed by atoms with van der Waals surface area (Å²) >= 11 is 0. The number of piperidine rings is 1. The molecule has 0 amide bonds. The number of ether oxygens (including phenoxy) is 1. The summed E-state index contributed by atoms with van der Waals surface area (Å²) in [7, 11) is 0. The van der Waals surface area contributed by atoms with Crippen molar-refractivity contribution in [3.63, 3.8) is 0 Å². The van der Waals surface area contributed by atoms with Gasteiger partial charge >= 0.3 is 0 Å². The summed E-state index contributed by atoms with van der Waals surface area (Å²) in [4.78, 5) is 6.73. The number of nitrogens with two attached hydrogens (primary N) is 1. The maximum Gasteiger partial charge on any atom is 0.152 e. The molecule has 0 spiro atoms. The second kappa shape index (κ2) is 6.22. The summed E-state index contributed by atoms with van der Waals surface area (Å²) in [5.74, 6) is 1.33. The van der Waals surface area contributed by atoms with Crippen molar-refractivity contribution in [3.8, 4) is 5.75 Å². The number of benzene rings is 1. The monoisotopic (exact) mass is 301 g/mol. The lowest BCUT2D eigenvalue weighted by atomic mass is 10.1. The average Bonchev–Trinajstić information content (AvgIpc) is 2.53. The van der Waals surface area contributed by atoms with Crippen LogP contribution in [0.1, 0.15) is 18.5 Å². The van der Waals surface area contributed by atoms with E-state index in [2.05, 4.69) is 9.88 Å². The third-order valence-corrected chi connectivity index (χ3v) is 3.90. The highest BCUT2D eigenvalue weighted by atomic mass is 19.1. The first-order chi connectivity index (χ1) is 10.6. The van der Waals surface area contributed by atoms with E-state index in [0.717, 1.165) is 37.4 Å². The normalized spacial score (nSPS) is 15.8. The second-order valence-electron chi connectivity index (χ2n) is 5.62. The van der Waals surface area contributed by atoms with Crippen molar-refractivity contribution < 1.29 is 9.13 Å². The van der Waals surface area contributed by atoms with E-state index in [1.165, 1.54) is 12.1 Å². The van der Waals surface area contributed by atoms with Gasteiger partial charge < -0.3 is 15.4 Å². The van der Waals surface area contributed by atoms with Crippen molar-refractivity contribution in [3.05, 3.63) is 47.9 Å². The Morgan fingerprint density at radius 2 is 1.82 bits per heavy atom. The highest BCUT2D eigenvalue weighted by Crippen LogP contribution is 2.26. The van der Waals surface area contributed by atoms with Gasteiger partial charge in [0.05, 0.1) is 5.69 Å². The fraction of sp³-hybridized carbons (Fsp3) is 0.353. The second-order valence-corrected chi connectivity index (χ2v) is 5.62. The van der Waals surface area contributed by atoms with Crippen LogP contribution in [0.3, 0.4) is 0 Å². The van der Waals surface area contributed by atoms with E-state index in [1.54, 1.807) is 12.1 Å². The molecule has 1 aromatic carbocycles. The minimum Gasteiger partial charge on any atom is -0.490 e. The van der Waals surface area contributed by atoms with Gasteiger partial charge in [0.25, 0.3) is 0 Å². The zero-order valence-corrected chi connectivity index (χ0v) is 12.6. The lowest BCUT2D eigenvalue weighted by molar-refractivity contribution is 0.170. The largest absolute Gasteiger partial charge is 0.490 e. The molecule has 0 aliphatic carbocycles. The van der Waals surface area contributed by atoms with Gasteiger partial charge in [-0.3, -0.25) is 0 Å². The van der Waals surface area contributed by atoms with E-state index < -0.39 is 0 Å². The van der Waals surface area contributed by atoms with Crippen LogP contribution in [0, 0.1) is 12.7 Å². The third-order valence-electron chi connectivity index (χ3n) is 3.90. The van der Waals surface area contributed by atoms with Crippen LogP contribution in [0.4, 0.5) is 15.9 Å². The SMILES string of the molecule is Cc1ccc(N)c(N2CCC(Oc3ccc(F)cc3)CC2)n1. The smallest absolute Gasteiger partial charge is 0.152 e. The van der Waals surface area contributed by atoms with Gasteiger partial charge in [-0.1, -0.05) is 0 Å². The number of pyridine rings is 1. The molecule has 1 saturated heterocycles. The predicted octanol–water partition coefficient (Wildman–Crippen LogP) is 3.16. The minimum atomic E-state index is -0.247. The van der Waals surface area contributed by atoms with Gasteiger partial charge in [-0.05, 0) is 43.3 Å². The molecule has 3 rings (SSSR count). The van der Waals surface area contributed by atoms with E-state index >= 15 is 0 Å². The topological polar surface area (TPSA) is 51.4 Å². The van der Waals surface area contributed by atoms with Gasteiger partial charge in [-0.2, -0.15) is 0 Å². The van der Waals surface area contributed by atoms with Crippen LogP contribution < -0.4 is 15.4 Å². The summed E-state index contributed by atoms with van der Waals surface area (Å²) < 4.78 is 18.8. The van der Waals surface area contributed by atoms with E-state index in [0.29, 0.717) is 11.4 Å². The van der Waals surface area contributed by atoms with Gasteiger partial charge in [0, 0.05) is 31.6 Å². The molecule has 1 fully saturated rings. The van der Waals surface area contributed by atoms with Gasteiger partial charge in [-0.25, -0.2) is 9.37 Å². The van der Waals surface area contributed by atoms with E-state index in [-0.39, 0.29) is 11.9 Å². The zero-order valence-electron chi connectivity index (χ0n) is 12.6. The Morgan fingerprint density at radius 3 is 2.50 bits per heavy atom. The number of hydrogen-bond acceptors (Lipinski definition) is 4. The molecule has 4 nitrogen and oxygen atoms in total. The Bertz CT molecular complexity index is 637. The summed E-state index contributed by atoms with van der Waals surface area (Å²) in [6.07, 6.45) is 1.94. The van der Waals surface area contributed by atoms with Crippen molar-refractivity contribution >= 4 is 11.5 Å². The van der Waals surface area contributed by atoms with Gasteiger partial charge in [0.1, 0.15) is 17.7 Å². The molecule has 2 heterocycles. The molecule has 2 N–H and O–H groups in total. The molecule has 1 aliphatic heterocycles. The average molecular weight is 301 g/mol. The van der Waals surface area contributed by atoms with Gasteiger partial charge in [0.2, 0.25) is 0 Å². The molecule has 0 bridgehead atoms. The predicted molar refractivity (Wildman–Crippen MR) is 85.6 cm³/mol. The van der Waals surface area contributed by atoms with Crippen LogP contribution in [-0.2, 0) is 0 Å². The molecule has 22 heavy (non-hydrogen) atoms. The van der Waals surface area contributed by atoms with Crippen LogP contribution in [0.5, 0.6) is 5.75 Å². The number of aryl methyl sites for hydroxylation is 1. The van der Waals surface area contributed by atoms with E-state index in [1.807, 2.05) is 19.1 Å². The van der Waals surface area contributed by atoms with Crippen molar-refractivity contribution in [2.75, 3.05) is 23.7 Å². The van der Waals surface area contributed by atoms with Crippen molar-refractivity contribution in [1.29, 1.82) is 0 Å². The number of nitrogen functional groups attached to an aromatic ring is 1. The van der Waals surface area contributed by atoms with Crippen molar-refractivity contribution in [1.82, 2.24) is 4.98 Å². The van der Waals surface area contributed by atoms with E-state index in [9.17, 15) is 4.39 Å². The van der Waals surface area contributed by atoms with Crippen molar-refractivity contribution in [2.24, 2.45) is 0 Å². The minimum absolute atomic E-state index is 0.146. The van der Waals surface area contributed by atoms with Crippen LogP contribution in [-0.4, -0.2) is 24.2 Å². The first-order valence-electron chi connectivity index (χ1n) is 7.52. The molecule has 1 aromatic heterocycles. The summed E-state index contributed by atoms with van der Waals surface area (Å²) in [6, 6.07) is 10.00. The molecular weight excluding hydrogens is 281 g/mol. The molecular formula is C17H20FN3O. The van der Waals surface area contributed by atoms with Crippen LogP contribution in [0.15, 0.2) is 36.4 Å². The number of hydrogen-bond donors (Lipinski definition) is 1. The quantitative estimate of drug-likeness (QED) is 0.946. The molecule has 2 aromatic rings. The Hall–Kier alpha value is -2.30. The van der Waals surface area contributed by atoms with Gasteiger partial charge in [-0.15, -0.1) is 0 Å². The maximum absolute atomic E-state index is 12.9. The standard InChI is InChI=1S/C17H20FN3O/c1-12-2-7-16(19)17(20-12)21-10-8-15(9-11-21)22-14-5-3-13(18)4-6-14/h2-7,15H,8-11,19H2,1H3. The highest BCUT2D eigenvalue weighted by molar-refractivity contribution is 5.63. The number of halogens is 1. The van der Waals surface area contributed by atoms with E-state index in [4.69, 9.17) is 10.5 Å². The number of anilines is 2.